The molecule has 3 amide bonds. The average Bonchev–Trinajstić information content (AvgIpc) is 2.71. The van der Waals surface area contributed by atoms with Gasteiger partial charge < -0.3 is 19.9 Å². The van der Waals surface area contributed by atoms with Gasteiger partial charge in [0.05, 0.1) is 20.3 Å². The number of hydrogen-bond donors (Lipinski definition) is 4. The molecule has 1 heterocycles. The van der Waals surface area contributed by atoms with Gasteiger partial charge in [0.25, 0.3) is 0 Å². The Morgan fingerprint density at radius 2 is 1.67 bits per heavy atom. The van der Waals surface area contributed by atoms with Crippen molar-refractivity contribution in [3.63, 3.8) is 0 Å². The number of amides is 3. The first-order valence-electron chi connectivity index (χ1n) is 8.18. The van der Waals surface area contributed by atoms with E-state index in [0.29, 0.717) is 0 Å². The molecule has 5 N–H and O–H groups in total. The number of methoxy groups -OCH3 is 3. The summed E-state index contributed by atoms with van der Waals surface area (Å²) in [4.78, 5) is 31.4. The second-order valence-corrected chi connectivity index (χ2v) is 6.97. The maximum atomic E-state index is 12.3. The van der Waals surface area contributed by atoms with Gasteiger partial charge in [-0.25, -0.2) is 9.52 Å². The second kappa shape index (κ2) is 9.82. The summed E-state index contributed by atoms with van der Waals surface area (Å²) in [5.74, 6) is -0.871. The highest BCUT2D eigenvalue weighted by molar-refractivity contribution is 7.88. The molecule has 0 saturated carbocycles. The molecule has 0 spiro atoms. The van der Waals surface area contributed by atoms with E-state index in [1.165, 1.54) is 39.5 Å². The van der Waals surface area contributed by atoms with Gasteiger partial charge >= 0.3 is 16.2 Å². The number of primary amides is 1. The van der Waals surface area contributed by atoms with E-state index in [2.05, 4.69) is 20.0 Å². The summed E-state index contributed by atoms with van der Waals surface area (Å²) in [6.07, 6.45) is -1.30. The molecule has 1 atom stereocenters. The van der Waals surface area contributed by atoms with Gasteiger partial charge in [-0.1, -0.05) is 18.2 Å². The number of rotatable bonds is 9. The number of nitrogens with two attached hydrogens (primary N) is 1. The van der Waals surface area contributed by atoms with Gasteiger partial charge in [0.15, 0.2) is 0 Å². The van der Waals surface area contributed by atoms with Crippen LogP contribution in [0, 0.1) is 0 Å². The Bertz CT molecular complexity index is 1010. The first-order chi connectivity index (χ1) is 14.2. The quantitative estimate of drug-likeness (QED) is 0.386. The lowest BCUT2D eigenvalue weighted by Crippen LogP contribution is -2.44. The molecule has 1 unspecified atom stereocenters. The lowest BCUT2D eigenvalue weighted by Gasteiger charge is -2.19. The highest BCUT2D eigenvalue weighted by Gasteiger charge is 2.24. The van der Waals surface area contributed by atoms with E-state index in [-0.39, 0.29) is 28.8 Å². The SMILES string of the molecule is COc1cc(OC)nc(NC(=O)NS(=O)(=O)NC(OC)c2ccccc2C(N)=O)n1. The van der Waals surface area contributed by atoms with Crippen molar-refractivity contribution < 1.29 is 32.2 Å². The minimum absolute atomic E-state index is 0.0494. The number of urea groups is 1. The molecular formula is C16H20N6O7S. The van der Waals surface area contributed by atoms with Crippen molar-refractivity contribution in [2.45, 2.75) is 6.23 Å². The maximum Gasteiger partial charge on any atom is 0.336 e. The van der Waals surface area contributed by atoms with Gasteiger partial charge in [0.1, 0.15) is 6.23 Å². The molecule has 162 valence electrons. The van der Waals surface area contributed by atoms with Gasteiger partial charge in [-0.3, -0.25) is 10.1 Å². The Morgan fingerprint density at radius 1 is 1.07 bits per heavy atom. The van der Waals surface area contributed by atoms with Crippen LogP contribution in [0.25, 0.3) is 0 Å². The van der Waals surface area contributed by atoms with Crippen LogP contribution in [-0.2, 0) is 14.9 Å². The summed E-state index contributed by atoms with van der Waals surface area (Å²) >= 11 is 0. The molecular weight excluding hydrogens is 420 g/mol. The summed E-state index contributed by atoms with van der Waals surface area (Å²) in [7, 11) is -0.548. The van der Waals surface area contributed by atoms with Gasteiger partial charge in [0.2, 0.25) is 23.6 Å². The summed E-state index contributed by atoms with van der Waals surface area (Å²) in [5, 5.41) is 2.14. The fourth-order valence-corrected chi connectivity index (χ4v) is 3.14. The highest BCUT2D eigenvalue weighted by Crippen LogP contribution is 2.19. The molecule has 13 nitrogen and oxygen atoms in total. The number of hydrogen-bond acceptors (Lipinski definition) is 9. The van der Waals surface area contributed by atoms with E-state index in [1.54, 1.807) is 16.9 Å². The molecule has 0 radical (unpaired) electrons. The van der Waals surface area contributed by atoms with Gasteiger partial charge in [-0.2, -0.15) is 23.1 Å². The van der Waals surface area contributed by atoms with E-state index >= 15 is 0 Å². The van der Waals surface area contributed by atoms with Crippen LogP contribution >= 0.6 is 0 Å². The molecule has 0 fully saturated rings. The van der Waals surface area contributed by atoms with Crippen molar-refractivity contribution in [2.24, 2.45) is 5.73 Å². The molecule has 1 aromatic heterocycles. The standard InChI is InChI=1S/C16H20N6O7S/c1-27-11-8-12(28-2)19-15(18-11)20-16(24)22-30(25,26)21-14(29-3)10-7-5-4-6-9(10)13(17)23/h4-8,14,21H,1-3H3,(H2,17,23)(H2,18,19,20,22,24). The van der Waals surface area contributed by atoms with Crippen LogP contribution in [0.1, 0.15) is 22.1 Å². The smallest absolute Gasteiger partial charge is 0.336 e. The maximum absolute atomic E-state index is 12.3. The van der Waals surface area contributed by atoms with Gasteiger partial charge in [-0.05, 0) is 6.07 Å². The third-order valence-electron chi connectivity index (χ3n) is 3.56. The number of nitrogens with zero attached hydrogens (tertiary/aromatic N) is 2. The van der Waals surface area contributed by atoms with E-state index in [1.807, 2.05) is 0 Å². The van der Waals surface area contributed by atoms with Crippen molar-refractivity contribution in [3.8, 4) is 11.8 Å². The van der Waals surface area contributed by atoms with Crippen LogP contribution < -0.4 is 30.0 Å². The molecule has 0 bridgehead atoms. The average molecular weight is 440 g/mol. The zero-order valence-corrected chi connectivity index (χ0v) is 17.0. The Hall–Kier alpha value is -3.49. The summed E-state index contributed by atoms with van der Waals surface area (Å²) in [6, 6.07) is 6.17. The normalized spacial score (nSPS) is 12.0. The monoisotopic (exact) mass is 440 g/mol. The van der Waals surface area contributed by atoms with Gasteiger partial charge in [-0.15, -0.1) is 0 Å². The van der Waals surface area contributed by atoms with E-state index in [9.17, 15) is 18.0 Å². The van der Waals surface area contributed by atoms with E-state index in [0.717, 1.165) is 0 Å². The zero-order valence-electron chi connectivity index (χ0n) is 16.2. The van der Waals surface area contributed by atoms with Crippen LogP contribution in [-0.4, -0.2) is 51.7 Å². The van der Waals surface area contributed by atoms with Crippen LogP contribution in [0.5, 0.6) is 11.8 Å². The minimum Gasteiger partial charge on any atom is -0.481 e. The van der Waals surface area contributed by atoms with Crippen LogP contribution in [0.2, 0.25) is 0 Å². The zero-order chi connectivity index (χ0) is 22.3. The number of aromatic nitrogens is 2. The van der Waals surface area contributed by atoms with Crippen LogP contribution in [0.15, 0.2) is 30.3 Å². The first kappa shape index (κ1) is 22.8. The fraction of sp³-hybridized carbons (Fsp3) is 0.250. The number of carbonyl (C=O) groups is 2. The van der Waals surface area contributed by atoms with E-state index < -0.39 is 28.4 Å². The number of benzene rings is 1. The molecule has 2 aromatic rings. The van der Waals surface area contributed by atoms with Crippen LogP contribution in [0.3, 0.4) is 0 Å². The predicted octanol–water partition coefficient (Wildman–Crippen LogP) is -0.106. The number of nitrogens with one attached hydrogen (secondary N) is 3. The van der Waals surface area contributed by atoms with Crippen LogP contribution in [0.4, 0.5) is 10.7 Å². The molecule has 1 aromatic carbocycles. The molecule has 14 heteroatoms. The molecule has 0 saturated heterocycles. The van der Waals surface area contributed by atoms with Crippen molar-refractivity contribution in [1.82, 2.24) is 19.4 Å². The minimum atomic E-state index is -4.44. The number of anilines is 1. The lowest BCUT2D eigenvalue weighted by atomic mass is 10.1. The Labute approximate surface area is 172 Å². The first-order valence-corrected chi connectivity index (χ1v) is 9.67. The molecule has 0 aliphatic carbocycles. The lowest BCUT2D eigenvalue weighted by molar-refractivity contribution is 0.0890. The Morgan fingerprint density at radius 3 is 2.20 bits per heavy atom. The third-order valence-corrected chi connectivity index (χ3v) is 4.53. The third kappa shape index (κ3) is 6.00. The second-order valence-electron chi connectivity index (χ2n) is 5.52. The molecule has 30 heavy (non-hydrogen) atoms. The molecule has 2 rings (SSSR count). The summed E-state index contributed by atoms with van der Waals surface area (Å²) in [6.45, 7) is 0. The highest BCUT2D eigenvalue weighted by atomic mass is 32.2. The Kier molecular flexibility index (Phi) is 7.46. The predicted molar refractivity (Wildman–Crippen MR) is 104 cm³/mol. The largest absolute Gasteiger partial charge is 0.481 e. The Balaban J connectivity index is 2.14. The van der Waals surface area contributed by atoms with Crippen molar-refractivity contribution in [2.75, 3.05) is 26.6 Å². The number of ether oxygens (including phenoxy) is 3. The molecule has 0 aliphatic heterocycles. The fourth-order valence-electron chi connectivity index (χ4n) is 2.28. The van der Waals surface area contributed by atoms with E-state index in [4.69, 9.17) is 19.9 Å². The number of carbonyl (C=O) groups excluding carboxylic acids is 2. The summed E-state index contributed by atoms with van der Waals surface area (Å²) < 4.78 is 43.4. The van der Waals surface area contributed by atoms with Gasteiger partial charge in [0, 0.05) is 18.2 Å². The van der Waals surface area contributed by atoms with Crippen molar-refractivity contribution >= 4 is 28.1 Å². The van der Waals surface area contributed by atoms with Crippen molar-refractivity contribution in [3.05, 3.63) is 41.5 Å². The topological polar surface area (TPSA) is 184 Å². The summed E-state index contributed by atoms with van der Waals surface area (Å²) in [5.41, 5.74) is 5.51. The molecule has 0 aliphatic rings. The van der Waals surface area contributed by atoms with Crippen molar-refractivity contribution in [1.29, 1.82) is 0 Å².